The lowest BCUT2D eigenvalue weighted by atomic mass is 9.97. The van der Waals surface area contributed by atoms with Gasteiger partial charge in [0.2, 0.25) is 5.96 Å². The molecule has 0 radical (unpaired) electrons. The number of nitrogens with zero attached hydrogens (tertiary/aromatic N) is 4. The number of anilines is 2. The van der Waals surface area contributed by atoms with Crippen LogP contribution in [-0.4, -0.2) is 55.2 Å². The summed E-state index contributed by atoms with van der Waals surface area (Å²) in [5.41, 5.74) is 3.60. The Bertz CT molecular complexity index is 1360. The van der Waals surface area contributed by atoms with Crippen LogP contribution in [0, 0.1) is 12.7 Å². The first-order valence-corrected chi connectivity index (χ1v) is 12.5. The molecule has 3 aromatic carbocycles. The summed E-state index contributed by atoms with van der Waals surface area (Å²) in [6.45, 7) is 4.78. The highest BCUT2D eigenvalue weighted by Crippen LogP contribution is 2.45. The molecule has 2 heterocycles. The van der Waals surface area contributed by atoms with Gasteiger partial charge in [-0.05, 0) is 48.9 Å². The fraction of sp³-hybridized carbons (Fsp3) is 0.286. The van der Waals surface area contributed by atoms with Crippen molar-refractivity contribution in [3.05, 3.63) is 82.6 Å². The van der Waals surface area contributed by atoms with Gasteiger partial charge in [-0.15, -0.1) is 0 Å². The minimum atomic E-state index is -1.00. The standard InChI is InChI=1S/C28H28ClFN4O3/c1-18-5-3-6-20(15-18)32-11-13-33(14-12-32)28-31-27-21(7-4-8-22(27)30)23(17-26(35)36)34(28)24-16-19(29)9-10-25(24)37-2/h3-10,15-16,23H,11-14,17H2,1-2H3,(H,35,36). The minimum absolute atomic E-state index is 0.169. The van der Waals surface area contributed by atoms with Gasteiger partial charge in [0.05, 0.1) is 25.3 Å². The van der Waals surface area contributed by atoms with Crippen LogP contribution in [0.1, 0.15) is 23.6 Å². The van der Waals surface area contributed by atoms with Gasteiger partial charge in [-0.2, -0.15) is 0 Å². The van der Waals surface area contributed by atoms with Crippen LogP contribution < -0.4 is 14.5 Å². The number of methoxy groups -OCH3 is 1. The van der Waals surface area contributed by atoms with Crippen LogP contribution in [0.5, 0.6) is 5.75 Å². The van der Waals surface area contributed by atoms with Crippen molar-refractivity contribution in [1.82, 2.24) is 4.90 Å². The van der Waals surface area contributed by atoms with E-state index in [1.807, 2.05) is 11.0 Å². The summed E-state index contributed by atoms with van der Waals surface area (Å²) in [5.74, 6) is -0.489. The molecular weight excluding hydrogens is 495 g/mol. The molecule has 2 aliphatic rings. The first-order valence-electron chi connectivity index (χ1n) is 12.1. The molecule has 0 aromatic heterocycles. The van der Waals surface area contributed by atoms with Crippen LogP contribution in [0.4, 0.5) is 21.5 Å². The minimum Gasteiger partial charge on any atom is -0.495 e. The lowest BCUT2D eigenvalue weighted by Crippen LogP contribution is -2.55. The molecular formula is C28H28ClFN4O3. The van der Waals surface area contributed by atoms with Crippen molar-refractivity contribution < 1.29 is 19.0 Å². The van der Waals surface area contributed by atoms with Crippen molar-refractivity contribution in [1.29, 1.82) is 0 Å². The Morgan fingerprint density at radius 3 is 2.51 bits per heavy atom. The Morgan fingerprint density at radius 1 is 1.08 bits per heavy atom. The maximum atomic E-state index is 15.0. The molecule has 0 bridgehead atoms. The predicted molar refractivity (Wildman–Crippen MR) is 144 cm³/mol. The summed E-state index contributed by atoms with van der Waals surface area (Å²) in [7, 11) is 1.55. The number of carboxylic acids is 1. The molecule has 192 valence electrons. The summed E-state index contributed by atoms with van der Waals surface area (Å²) < 4.78 is 20.7. The molecule has 5 rings (SSSR count). The molecule has 0 amide bonds. The monoisotopic (exact) mass is 522 g/mol. The first-order chi connectivity index (χ1) is 17.9. The average molecular weight is 523 g/mol. The number of hydrogen-bond acceptors (Lipinski definition) is 6. The number of hydrogen-bond donors (Lipinski definition) is 1. The van der Waals surface area contributed by atoms with E-state index in [2.05, 4.69) is 34.9 Å². The second-order valence-corrected chi connectivity index (χ2v) is 9.64. The SMILES string of the molecule is COc1ccc(Cl)cc1N1C(N2CCN(c3cccc(C)c3)CC2)=Nc2c(F)cccc2C1CC(=O)O. The van der Waals surface area contributed by atoms with Crippen molar-refractivity contribution in [3.8, 4) is 5.75 Å². The van der Waals surface area contributed by atoms with E-state index in [0.717, 1.165) is 18.8 Å². The van der Waals surface area contributed by atoms with E-state index in [9.17, 15) is 9.90 Å². The van der Waals surface area contributed by atoms with Crippen molar-refractivity contribution in [2.24, 2.45) is 4.99 Å². The number of halogens is 2. The zero-order valence-corrected chi connectivity index (χ0v) is 21.5. The zero-order valence-electron chi connectivity index (χ0n) is 20.7. The maximum absolute atomic E-state index is 15.0. The number of aryl methyl sites for hydroxylation is 1. The highest BCUT2D eigenvalue weighted by molar-refractivity contribution is 6.31. The Balaban J connectivity index is 1.58. The van der Waals surface area contributed by atoms with Gasteiger partial charge in [0.15, 0.2) is 0 Å². The van der Waals surface area contributed by atoms with Gasteiger partial charge >= 0.3 is 5.97 Å². The third kappa shape index (κ3) is 4.93. The highest BCUT2D eigenvalue weighted by atomic mass is 35.5. The predicted octanol–water partition coefficient (Wildman–Crippen LogP) is 5.64. The number of carbonyl (C=O) groups is 1. The molecule has 9 heteroatoms. The van der Waals surface area contributed by atoms with Crippen molar-refractivity contribution >= 4 is 40.6 Å². The second-order valence-electron chi connectivity index (χ2n) is 9.20. The smallest absolute Gasteiger partial charge is 0.305 e. The molecule has 2 aliphatic heterocycles. The van der Waals surface area contributed by atoms with E-state index >= 15 is 4.39 Å². The summed E-state index contributed by atoms with van der Waals surface area (Å²) in [6, 6.07) is 17.5. The van der Waals surface area contributed by atoms with Crippen molar-refractivity contribution in [2.45, 2.75) is 19.4 Å². The zero-order chi connectivity index (χ0) is 26.1. The Hall–Kier alpha value is -3.78. The molecule has 3 aromatic rings. The number of aliphatic carboxylic acids is 1. The van der Waals surface area contributed by atoms with Crippen LogP contribution in [0.3, 0.4) is 0 Å². The molecule has 0 spiro atoms. The molecule has 37 heavy (non-hydrogen) atoms. The second kappa shape index (κ2) is 10.3. The van der Waals surface area contributed by atoms with Crippen LogP contribution in [-0.2, 0) is 4.79 Å². The third-order valence-corrected chi connectivity index (χ3v) is 7.05. The van der Waals surface area contributed by atoms with Gasteiger partial charge in [-0.3, -0.25) is 4.79 Å². The fourth-order valence-corrected chi connectivity index (χ4v) is 5.22. The molecule has 0 aliphatic carbocycles. The summed E-state index contributed by atoms with van der Waals surface area (Å²) in [5, 5.41) is 10.3. The molecule has 1 fully saturated rings. The van der Waals surface area contributed by atoms with Crippen LogP contribution in [0.25, 0.3) is 0 Å². The molecule has 0 saturated carbocycles. The first kappa shape index (κ1) is 24.9. The molecule has 1 saturated heterocycles. The van der Waals surface area contributed by atoms with E-state index in [0.29, 0.717) is 41.1 Å². The number of rotatable bonds is 5. The number of ether oxygens (including phenoxy) is 1. The van der Waals surface area contributed by atoms with Gasteiger partial charge in [-0.1, -0.05) is 35.9 Å². The number of benzene rings is 3. The lowest BCUT2D eigenvalue weighted by Gasteiger charge is -2.45. The Morgan fingerprint density at radius 2 is 1.81 bits per heavy atom. The van der Waals surface area contributed by atoms with Crippen LogP contribution >= 0.6 is 11.6 Å². The van der Waals surface area contributed by atoms with Crippen LogP contribution in [0.15, 0.2) is 65.7 Å². The Kier molecular flexibility index (Phi) is 6.93. The normalized spacial score (nSPS) is 17.4. The van der Waals surface area contributed by atoms with E-state index in [4.69, 9.17) is 21.3 Å². The lowest BCUT2D eigenvalue weighted by molar-refractivity contribution is -0.137. The van der Waals surface area contributed by atoms with E-state index in [1.54, 1.807) is 37.4 Å². The third-order valence-electron chi connectivity index (χ3n) is 6.81. The summed E-state index contributed by atoms with van der Waals surface area (Å²) >= 11 is 6.39. The number of piperazine rings is 1. The largest absolute Gasteiger partial charge is 0.495 e. The van der Waals surface area contributed by atoms with E-state index in [-0.39, 0.29) is 12.1 Å². The van der Waals surface area contributed by atoms with Gasteiger partial charge in [0.1, 0.15) is 17.3 Å². The summed E-state index contributed by atoms with van der Waals surface area (Å²) in [4.78, 5) is 23.0. The van der Waals surface area contributed by atoms with Gasteiger partial charge in [-0.25, -0.2) is 9.38 Å². The number of carboxylic acid groups (broad SMARTS) is 1. The summed E-state index contributed by atoms with van der Waals surface area (Å²) in [6.07, 6.45) is -0.256. The number of fused-ring (bicyclic) bond motifs is 1. The van der Waals surface area contributed by atoms with Crippen molar-refractivity contribution in [3.63, 3.8) is 0 Å². The molecule has 1 atom stereocenters. The number of aliphatic imine (C=N–C) groups is 1. The molecule has 1 unspecified atom stereocenters. The number of para-hydroxylation sites is 1. The Labute approximate surface area is 220 Å². The van der Waals surface area contributed by atoms with Gasteiger partial charge < -0.3 is 24.5 Å². The fourth-order valence-electron chi connectivity index (χ4n) is 5.06. The van der Waals surface area contributed by atoms with E-state index in [1.165, 1.54) is 11.6 Å². The van der Waals surface area contributed by atoms with Crippen LogP contribution in [0.2, 0.25) is 5.02 Å². The topological polar surface area (TPSA) is 68.6 Å². The maximum Gasteiger partial charge on any atom is 0.305 e. The highest BCUT2D eigenvalue weighted by Gasteiger charge is 2.38. The molecule has 7 nitrogen and oxygen atoms in total. The number of guanidine groups is 1. The van der Waals surface area contributed by atoms with E-state index < -0.39 is 17.8 Å². The molecule has 1 N–H and O–H groups in total. The quantitative estimate of drug-likeness (QED) is 0.467. The van der Waals surface area contributed by atoms with Crippen molar-refractivity contribution in [2.75, 3.05) is 43.1 Å². The van der Waals surface area contributed by atoms with Gasteiger partial charge in [0.25, 0.3) is 0 Å². The van der Waals surface area contributed by atoms with Gasteiger partial charge in [0, 0.05) is 42.5 Å². The average Bonchev–Trinajstić information content (AvgIpc) is 2.89.